The molecule has 0 saturated carbocycles. The summed E-state index contributed by atoms with van der Waals surface area (Å²) < 4.78 is 13.1. The van der Waals surface area contributed by atoms with Crippen molar-refractivity contribution < 1.29 is 4.39 Å². The van der Waals surface area contributed by atoms with Crippen LogP contribution < -0.4 is 5.73 Å². The minimum atomic E-state index is -0.168. The minimum Gasteiger partial charge on any atom is -0.324 e. The quantitative estimate of drug-likeness (QED) is 0.875. The van der Waals surface area contributed by atoms with Crippen molar-refractivity contribution in [1.29, 1.82) is 0 Å². The normalized spacial score (nSPS) is 12.6. The van der Waals surface area contributed by atoms with Crippen molar-refractivity contribution in [2.24, 2.45) is 5.73 Å². The number of halogens is 1. The summed E-state index contributed by atoms with van der Waals surface area (Å²) in [6, 6.07) is 7.21. The van der Waals surface area contributed by atoms with Gasteiger partial charge in [-0.1, -0.05) is 12.1 Å². The van der Waals surface area contributed by atoms with Gasteiger partial charge in [-0.25, -0.2) is 4.39 Å². The molecule has 1 aromatic heterocycles. The second kappa shape index (κ2) is 5.43. The van der Waals surface area contributed by atoms with E-state index < -0.39 is 0 Å². The molecule has 2 aromatic rings. The first-order valence-electron chi connectivity index (χ1n) is 5.69. The van der Waals surface area contributed by atoms with Crippen LogP contribution >= 0.6 is 11.3 Å². The predicted molar refractivity (Wildman–Crippen MR) is 70.7 cm³/mol. The lowest BCUT2D eigenvalue weighted by Crippen LogP contribution is -2.11. The molecule has 0 fully saturated rings. The van der Waals surface area contributed by atoms with Crippen molar-refractivity contribution in [3.63, 3.8) is 0 Å². The molecule has 0 bridgehead atoms. The Kier molecular flexibility index (Phi) is 3.92. The average Bonchev–Trinajstić information content (AvgIpc) is 2.82. The number of hydrogen-bond donors (Lipinski definition) is 1. The number of aryl methyl sites for hydroxylation is 2. The third-order valence-corrected chi connectivity index (χ3v) is 3.67. The van der Waals surface area contributed by atoms with Crippen molar-refractivity contribution in [3.05, 3.63) is 57.5 Å². The molecule has 1 aromatic carbocycles. The van der Waals surface area contributed by atoms with E-state index in [4.69, 9.17) is 5.73 Å². The van der Waals surface area contributed by atoms with Gasteiger partial charge in [0.1, 0.15) is 5.82 Å². The smallest absolute Gasteiger partial charge is 0.126 e. The molecular weight excluding hydrogens is 233 g/mol. The topological polar surface area (TPSA) is 26.0 Å². The Morgan fingerprint density at radius 2 is 2.18 bits per heavy atom. The van der Waals surface area contributed by atoms with Crippen LogP contribution in [0.3, 0.4) is 0 Å². The summed E-state index contributed by atoms with van der Waals surface area (Å²) in [6.07, 6.45) is 1.86. The van der Waals surface area contributed by atoms with E-state index in [1.807, 2.05) is 6.07 Å². The number of hydrogen-bond acceptors (Lipinski definition) is 2. The monoisotopic (exact) mass is 249 g/mol. The molecule has 1 nitrogen and oxygen atoms in total. The van der Waals surface area contributed by atoms with Crippen molar-refractivity contribution in [2.45, 2.75) is 25.8 Å². The van der Waals surface area contributed by atoms with Crippen molar-refractivity contribution in [1.82, 2.24) is 0 Å². The van der Waals surface area contributed by atoms with E-state index in [1.54, 1.807) is 24.3 Å². The summed E-state index contributed by atoms with van der Waals surface area (Å²) in [5, 5.41) is 4.21. The summed E-state index contributed by atoms with van der Waals surface area (Å²) in [6.45, 7) is 1.77. The van der Waals surface area contributed by atoms with Gasteiger partial charge in [0, 0.05) is 6.04 Å². The maximum atomic E-state index is 13.1. The highest BCUT2D eigenvalue weighted by Crippen LogP contribution is 2.20. The van der Waals surface area contributed by atoms with Crippen LogP contribution in [0.4, 0.5) is 4.39 Å². The van der Waals surface area contributed by atoms with E-state index in [-0.39, 0.29) is 11.9 Å². The van der Waals surface area contributed by atoms with Crippen LogP contribution in [-0.4, -0.2) is 0 Å². The Morgan fingerprint density at radius 1 is 1.35 bits per heavy atom. The van der Waals surface area contributed by atoms with Gasteiger partial charge in [0.15, 0.2) is 0 Å². The summed E-state index contributed by atoms with van der Waals surface area (Å²) in [5.41, 5.74) is 9.11. The highest BCUT2D eigenvalue weighted by atomic mass is 32.1. The van der Waals surface area contributed by atoms with Crippen molar-refractivity contribution >= 4 is 11.3 Å². The number of rotatable bonds is 4. The standard InChI is InChI=1S/C14H16FNS/c1-10-8-12(3-4-13(10)15)14(16)5-2-11-6-7-17-9-11/h3-4,6-9,14H,2,5,16H2,1H3. The van der Waals surface area contributed by atoms with Crippen molar-refractivity contribution in [2.75, 3.05) is 0 Å². The molecular formula is C14H16FNS. The van der Waals surface area contributed by atoms with Crippen LogP contribution in [0.25, 0.3) is 0 Å². The molecule has 1 heterocycles. The number of thiophene rings is 1. The SMILES string of the molecule is Cc1cc(C(N)CCc2ccsc2)ccc1F. The molecule has 0 aliphatic heterocycles. The molecule has 90 valence electrons. The third-order valence-electron chi connectivity index (χ3n) is 2.93. The van der Waals surface area contributed by atoms with E-state index in [0.29, 0.717) is 5.56 Å². The van der Waals surface area contributed by atoms with Crippen molar-refractivity contribution in [3.8, 4) is 0 Å². The summed E-state index contributed by atoms with van der Waals surface area (Å²) >= 11 is 1.70. The molecule has 0 saturated heterocycles. The van der Waals surface area contributed by atoms with Gasteiger partial charge in [0.25, 0.3) is 0 Å². The van der Waals surface area contributed by atoms with Gasteiger partial charge < -0.3 is 5.73 Å². The first-order chi connectivity index (χ1) is 8.16. The second-order valence-electron chi connectivity index (χ2n) is 4.29. The summed E-state index contributed by atoms with van der Waals surface area (Å²) in [4.78, 5) is 0. The Morgan fingerprint density at radius 3 is 2.82 bits per heavy atom. The fourth-order valence-electron chi connectivity index (χ4n) is 1.82. The third kappa shape index (κ3) is 3.14. The molecule has 0 radical (unpaired) electrons. The Hall–Kier alpha value is -1.19. The lowest BCUT2D eigenvalue weighted by Gasteiger charge is -2.12. The maximum Gasteiger partial charge on any atom is 0.126 e. The summed E-state index contributed by atoms with van der Waals surface area (Å²) in [7, 11) is 0. The maximum absolute atomic E-state index is 13.1. The molecule has 0 amide bonds. The minimum absolute atomic E-state index is 0.0193. The van der Waals surface area contributed by atoms with Gasteiger partial charge in [-0.15, -0.1) is 0 Å². The lowest BCUT2D eigenvalue weighted by atomic mass is 9.99. The van der Waals surface area contributed by atoms with Crippen LogP contribution in [0.5, 0.6) is 0 Å². The predicted octanol–water partition coefficient (Wildman–Crippen LogP) is 3.83. The molecule has 17 heavy (non-hydrogen) atoms. The van der Waals surface area contributed by atoms with Crippen LogP contribution in [0.2, 0.25) is 0 Å². The summed E-state index contributed by atoms with van der Waals surface area (Å²) in [5.74, 6) is -0.168. The average molecular weight is 249 g/mol. The zero-order valence-corrected chi connectivity index (χ0v) is 10.6. The zero-order chi connectivity index (χ0) is 12.3. The van der Waals surface area contributed by atoms with Crippen LogP contribution in [0, 0.1) is 12.7 Å². The van der Waals surface area contributed by atoms with E-state index in [1.165, 1.54) is 11.6 Å². The Balaban J connectivity index is 1.99. The molecule has 1 atom stereocenters. The zero-order valence-electron chi connectivity index (χ0n) is 9.82. The molecule has 0 aliphatic carbocycles. The molecule has 0 aliphatic rings. The molecule has 1 unspecified atom stereocenters. The fourth-order valence-corrected chi connectivity index (χ4v) is 2.53. The molecule has 2 N–H and O–H groups in total. The van der Waals surface area contributed by atoms with Gasteiger partial charge in [0.05, 0.1) is 0 Å². The van der Waals surface area contributed by atoms with Gasteiger partial charge >= 0.3 is 0 Å². The largest absolute Gasteiger partial charge is 0.324 e. The number of benzene rings is 1. The number of nitrogens with two attached hydrogens (primary N) is 1. The van der Waals surface area contributed by atoms with Gasteiger partial charge in [-0.3, -0.25) is 0 Å². The first kappa shape index (κ1) is 12.3. The van der Waals surface area contributed by atoms with E-state index in [2.05, 4.69) is 16.8 Å². The van der Waals surface area contributed by atoms with E-state index in [9.17, 15) is 4.39 Å². The van der Waals surface area contributed by atoms with Gasteiger partial charge in [-0.05, 0) is 59.3 Å². The van der Waals surface area contributed by atoms with Crippen LogP contribution in [0.15, 0.2) is 35.0 Å². The van der Waals surface area contributed by atoms with Gasteiger partial charge in [-0.2, -0.15) is 11.3 Å². The van der Waals surface area contributed by atoms with E-state index >= 15 is 0 Å². The Bertz CT molecular complexity index is 479. The van der Waals surface area contributed by atoms with Gasteiger partial charge in [0.2, 0.25) is 0 Å². The van der Waals surface area contributed by atoms with E-state index in [0.717, 1.165) is 18.4 Å². The second-order valence-corrected chi connectivity index (χ2v) is 5.07. The lowest BCUT2D eigenvalue weighted by molar-refractivity contribution is 0.610. The molecule has 0 spiro atoms. The Labute approximate surface area is 105 Å². The fraction of sp³-hybridized carbons (Fsp3) is 0.286. The first-order valence-corrected chi connectivity index (χ1v) is 6.64. The highest BCUT2D eigenvalue weighted by Gasteiger charge is 2.08. The highest BCUT2D eigenvalue weighted by molar-refractivity contribution is 7.07. The van der Waals surface area contributed by atoms with Crippen LogP contribution in [-0.2, 0) is 6.42 Å². The molecule has 3 heteroatoms. The van der Waals surface area contributed by atoms with Crippen LogP contribution in [0.1, 0.15) is 29.2 Å². The molecule has 2 rings (SSSR count).